The summed E-state index contributed by atoms with van der Waals surface area (Å²) in [6.45, 7) is 3.77. The molecule has 128 valence electrons. The zero-order valence-corrected chi connectivity index (χ0v) is 14.8. The lowest BCUT2D eigenvalue weighted by Gasteiger charge is -2.16. The van der Waals surface area contributed by atoms with Gasteiger partial charge in [-0.1, -0.05) is 19.1 Å². The van der Waals surface area contributed by atoms with Crippen LogP contribution in [-0.4, -0.2) is 44.7 Å². The average Bonchev–Trinajstić information content (AvgIpc) is 2.81. The molecule has 1 aromatic rings. The summed E-state index contributed by atoms with van der Waals surface area (Å²) in [6.07, 6.45) is 1.93. The third-order valence-electron chi connectivity index (χ3n) is 3.77. The number of benzene rings is 1. The fourth-order valence-electron chi connectivity index (χ4n) is 2.74. The maximum Gasteiger partial charge on any atom is 0.232 e. The van der Waals surface area contributed by atoms with Crippen molar-refractivity contribution in [2.45, 2.75) is 26.2 Å². The first-order chi connectivity index (χ1) is 10.9. The van der Waals surface area contributed by atoms with Crippen LogP contribution in [0.25, 0.3) is 0 Å². The predicted octanol–water partition coefficient (Wildman–Crippen LogP) is 2.44. The zero-order chi connectivity index (χ0) is 16.9. The van der Waals surface area contributed by atoms with Gasteiger partial charge >= 0.3 is 0 Å². The lowest BCUT2D eigenvalue weighted by molar-refractivity contribution is -0.127. The Balaban J connectivity index is 1.87. The second kappa shape index (κ2) is 8.02. The van der Waals surface area contributed by atoms with Crippen molar-refractivity contribution in [2.75, 3.05) is 25.4 Å². The van der Waals surface area contributed by atoms with E-state index in [-0.39, 0.29) is 24.0 Å². The summed E-state index contributed by atoms with van der Waals surface area (Å²) < 4.78 is 27.8. The van der Waals surface area contributed by atoms with Gasteiger partial charge in [-0.25, -0.2) is 8.42 Å². The fourth-order valence-corrected chi connectivity index (χ4v) is 4.06. The molecule has 0 aliphatic carbocycles. The summed E-state index contributed by atoms with van der Waals surface area (Å²) in [7, 11) is 1.71. The van der Waals surface area contributed by atoms with Gasteiger partial charge in [-0.2, -0.15) is 0 Å². The number of likely N-dealkylation sites (tertiary alicyclic amines) is 1. The second-order valence-corrected chi connectivity index (χ2v) is 8.68. The molecule has 1 aliphatic rings. The van der Waals surface area contributed by atoms with Gasteiger partial charge in [-0.3, -0.25) is 4.79 Å². The number of rotatable bonds is 8. The molecule has 2 rings (SSSR count). The van der Waals surface area contributed by atoms with E-state index < -0.39 is 9.05 Å². The first-order valence-corrected chi connectivity index (χ1v) is 10.3. The van der Waals surface area contributed by atoms with Crippen LogP contribution in [0.2, 0.25) is 0 Å². The molecule has 0 aromatic heterocycles. The summed E-state index contributed by atoms with van der Waals surface area (Å²) in [5.74, 6) is 0.484. The molecule has 5 nitrogen and oxygen atoms in total. The van der Waals surface area contributed by atoms with E-state index in [1.807, 2.05) is 24.3 Å². The smallest absolute Gasteiger partial charge is 0.232 e. The van der Waals surface area contributed by atoms with Crippen molar-refractivity contribution in [3.63, 3.8) is 0 Å². The normalized spacial score (nSPS) is 18.4. The number of hydrogen-bond acceptors (Lipinski definition) is 4. The molecule has 0 radical (unpaired) electrons. The quantitative estimate of drug-likeness (QED) is 0.669. The first-order valence-electron chi connectivity index (χ1n) is 7.79. The average molecular weight is 360 g/mol. The van der Waals surface area contributed by atoms with Gasteiger partial charge < -0.3 is 9.64 Å². The van der Waals surface area contributed by atoms with E-state index in [9.17, 15) is 13.2 Å². The van der Waals surface area contributed by atoms with Crippen molar-refractivity contribution >= 4 is 25.6 Å². The van der Waals surface area contributed by atoms with Crippen molar-refractivity contribution in [2.24, 2.45) is 5.92 Å². The molecule has 1 aliphatic heterocycles. The number of carbonyl (C=O) groups excluding carboxylic acids is 1. The SMILES string of the molecule is CCCOc1cccc(CCN2CC(CS(=O)(=O)Cl)CC2=O)c1. The van der Waals surface area contributed by atoms with Crippen molar-refractivity contribution in [3.05, 3.63) is 29.8 Å². The van der Waals surface area contributed by atoms with E-state index in [1.54, 1.807) is 4.90 Å². The van der Waals surface area contributed by atoms with Gasteiger partial charge in [0.15, 0.2) is 0 Å². The summed E-state index contributed by atoms with van der Waals surface area (Å²) in [6, 6.07) is 7.84. The molecule has 1 saturated heterocycles. The highest BCUT2D eigenvalue weighted by molar-refractivity contribution is 8.13. The monoisotopic (exact) mass is 359 g/mol. The summed E-state index contributed by atoms with van der Waals surface area (Å²) >= 11 is 0. The highest BCUT2D eigenvalue weighted by atomic mass is 35.7. The van der Waals surface area contributed by atoms with Crippen LogP contribution in [0.15, 0.2) is 24.3 Å². The Morgan fingerprint density at radius 3 is 2.87 bits per heavy atom. The molecule has 1 atom stereocenters. The zero-order valence-electron chi connectivity index (χ0n) is 13.2. The van der Waals surface area contributed by atoms with Crippen LogP contribution < -0.4 is 4.74 Å². The number of halogens is 1. The maximum absolute atomic E-state index is 12.0. The Kier molecular flexibility index (Phi) is 6.30. The number of nitrogens with zero attached hydrogens (tertiary/aromatic N) is 1. The van der Waals surface area contributed by atoms with Gasteiger partial charge in [0.1, 0.15) is 5.75 Å². The molecular formula is C16H22ClNO4S. The largest absolute Gasteiger partial charge is 0.494 e. The Labute approximate surface area is 142 Å². The molecule has 1 fully saturated rings. The van der Waals surface area contributed by atoms with Gasteiger partial charge in [0.25, 0.3) is 0 Å². The lowest BCUT2D eigenvalue weighted by Crippen LogP contribution is -2.28. The summed E-state index contributed by atoms with van der Waals surface area (Å²) in [5, 5.41) is 0. The Hall–Kier alpha value is -1.27. The summed E-state index contributed by atoms with van der Waals surface area (Å²) in [4.78, 5) is 13.7. The van der Waals surface area contributed by atoms with E-state index in [0.29, 0.717) is 19.7 Å². The molecule has 0 saturated carbocycles. The molecular weight excluding hydrogens is 338 g/mol. The van der Waals surface area contributed by atoms with Crippen LogP contribution in [0.1, 0.15) is 25.3 Å². The molecule has 7 heteroatoms. The van der Waals surface area contributed by atoms with Gasteiger partial charge in [0.05, 0.1) is 12.4 Å². The molecule has 1 unspecified atom stereocenters. The predicted molar refractivity (Wildman–Crippen MR) is 90.3 cm³/mol. The maximum atomic E-state index is 12.0. The molecule has 0 N–H and O–H groups in total. The minimum Gasteiger partial charge on any atom is -0.494 e. The van der Waals surface area contributed by atoms with Gasteiger partial charge in [0, 0.05) is 36.1 Å². The topological polar surface area (TPSA) is 63.7 Å². The van der Waals surface area contributed by atoms with E-state index in [1.165, 1.54) is 0 Å². The van der Waals surface area contributed by atoms with E-state index in [4.69, 9.17) is 15.4 Å². The highest BCUT2D eigenvalue weighted by Gasteiger charge is 2.31. The van der Waals surface area contributed by atoms with E-state index in [0.717, 1.165) is 24.2 Å². The van der Waals surface area contributed by atoms with Gasteiger partial charge in [-0.15, -0.1) is 0 Å². The third kappa shape index (κ3) is 6.03. The van der Waals surface area contributed by atoms with Crippen molar-refractivity contribution in [3.8, 4) is 5.75 Å². The van der Waals surface area contributed by atoms with Crippen LogP contribution in [-0.2, 0) is 20.3 Å². The minimum absolute atomic E-state index is 0.00583. The molecule has 0 spiro atoms. The minimum atomic E-state index is -3.56. The molecule has 23 heavy (non-hydrogen) atoms. The number of amides is 1. The lowest BCUT2D eigenvalue weighted by atomic mass is 10.1. The number of hydrogen-bond donors (Lipinski definition) is 0. The Bertz CT molecular complexity index is 647. The van der Waals surface area contributed by atoms with Crippen molar-refractivity contribution in [1.82, 2.24) is 4.90 Å². The molecule has 1 amide bonds. The van der Waals surface area contributed by atoms with Crippen molar-refractivity contribution in [1.29, 1.82) is 0 Å². The number of ether oxygens (including phenoxy) is 1. The summed E-state index contributed by atoms with van der Waals surface area (Å²) in [5.41, 5.74) is 1.10. The highest BCUT2D eigenvalue weighted by Crippen LogP contribution is 2.22. The van der Waals surface area contributed by atoms with Crippen LogP contribution >= 0.6 is 10.7 Å². The molecule has 1 aromatic carbocycles. The van der Waals surface area contributed by atoms with E-state index in [2.05, 4.69) is 6.92 Å². The van der Waals surface area contributed by atoms with Crippen LogP contribution in [0.3, 0.4) is 0 Å². The second-order valence-electron chi connectivity index (χ2n) is 5.86. The van der Waals surface area contributed by atoms with Gasteiger partial charge in [0.2, 0.25) is 15.0 Å². The molecule has 1 heterocycles. The van der Waals surface area contributed by atoms with Crippen LogP contribution in [0, 0.1) is 5.92 Å². The van der Waals surface area contributed by atoms with Crippen LogP contribution in [0.5, 0.6) is 5.75 Å². The van der Waals surface area contributed by atoms with Gasteiger partial charge in [-0.05, 0) is 30.5 Å². The Morgan fingerprint density at radius 1 is 1.39 bits per heavy atom. The van der Waals surface area contributed by atoms with Crippen LogP contribution in [0.4, 0.5) is 0 Å². The van der Waals surface area contributed by atoms with Crippen molar-refractivity contribution < 1.29 is 17.9 Å². The standard InChI is InChI=1S/C16H22ClNO4S/c1-2-8-22-15-5-3-4-13(9-15)6-7-18-11-14(10-16(18)19)12-23(17,20)21/h3-5,9,14H,2,6-8,10-12H2,1H3. The fraction of sp³-hybridized carbons (Fsp3) is 0.562. The molecule has 0 bridgehead atoms. The van der Waals surface area contributed by atoms with E-state index >= 15 is 0 Å². The first kappa shape index (κ1) is 18.1. The Morgan fingerprint density at radius 2 is 2.17 bits per heavy atom. The third-order valence-corrected chi connectivity index (χ3v) is 5.02. The number of carbonyl (C=O) groups is 1.